The lowest BCUT2D eigenvalue weighted by Crippen LogP contribution is -2.30. The van der Waals surface area contributed by atoms with Crippen LogP contribution in [0.1, 0.15) is 9.75 Å². The first-order valence-electron chi connectivity index (χ1n) is 4.29. The molecule has 5 heteroatoms. The largest absolute Gasteiger partial charge is 0.358 e. The van der Waals surface area contributed by atoms with E-state index in [0.717, 1.165) is 11.0 Å². The van der Waals surface area contributed by atoms with E-state index in [-0.39, 0.29) is 5.91 Å². The second kappa shape index (κ2) is 5.48. The van der Waals surface area contributed by atoms with Crippen molar-refractivity contribution in [2.45, 2.75) is 13.5 Å². The van der Waals surface area contributed by atoms with Gasteiger partial charge in [-0.05, 0) is 28.9 Å². The van der Waals surface area contributed by atoms with Crippen molar-refractivity contribution in [3.63, 3.8) is 0 Å². The highest BCUT2D eigenvalue weighted by Crippen LogP contribution is 2.25. The monoisotopic (exact) mass is 276 g/mol. The minimum Gasteiger partial charge on any atom is -0.358 e. The predicted molar refractivity (Wildman–Crippen MR) is 62.5 cm³/mol. The van der Waals surface area contributed by atoms with Gasteiger partial charge in [0.25, 0.3) is 0 Å². The molecule has 0 bridgehead atoms. The Kier molecular flexibility index (Phi) is 4.57. The van der Waals surface area contributed by atoms with Gasteiger partial charge < -0.3 is 10.6 Å². The van der Waals surface area contributed by atoms with E-state index in [4.69, 9.17) is 0 Å². The van der Waals surface area contributed by atoms with Crippen molar-refractivity contribution < 1.29 is 4.79 Å². The Hall–Kier alpha value is -0.390. The van der Waals surface area contributed by atoms with Gasteiger partial charge >= 0.3 is 0 Å². The van der Waals surface area contributed by atoms with Crippen LogP contribution in [0.2, 0.25) is 0 Å². The highest BCUT2D eigenvalue weighted by Gasteiger charge is 2.03. The van der Waals surface area contributed by atoms with Crippen LogP contribution in [0, 0.1) is 6.92 Å². The Balaban J connectivity index is 2.35. The van der Waals surface area contributed by atoms with Crippen LogP contribution in [0.5, 0.6) is 0 Å². The van der Waals surface area contributed by atoms with Gasteiger partial charge in [-0.1, -0.05) is 0 Å². The van der Waals surface area contributed by atoms with Crippen LogP contribution in [0.25, 0.3) is 0 Å². The van der Waals surface area contributed by atoms with E-state index in [1.807, 2.05) is 0 Å². The molecule has 0 fully saturated rings. The van der Waals surface area contributed by atoms with Gasteiger partial charge in [0.05, 0.1) is 6.54 Å². The van der Waals surface area contributed by atoms with Gasteiger partial charge in [-0.15, -0.1) is 11.3 Å². The fourth-order valence-electron chi connectivity index (χ4n) is 0.993. The van der Waals surface area contributed by atoms with Gasteiger partial charge in [0.15, 0.2) is 0 Å². The van der Waals surface area contributed by atoms with E-state index in [9.17, 15) is 4.79 Å². The molecule has 0 aromatic carbocycles. The molecular formula is C9H13BrN2OS. The maximum absolute atomic E-state index is 10.9. The topological polar surface area (TPSA) is 41.1 Å². The molecule has 1 aromatic heterocycles. The summed E-state index contributed by atoms with van der Waals surface area (Å²) in [5.74, 6) is 0.0114. The molecule has 0 saturated heterocycles. The van der Waals surface area contributed by atoms with Crippen molar-refractivity contribution in [1.29, 1.82) is 0 Å². The highest BCUT2D eigenvalue weighted by atomic mass is 79.9. The highest BCUT2D eigenvalue weighted by molar-refractivity contribution is 9.10. The fourth-order valence-corrected chi connectivity index (χ4v) is 2.56. The van der Waals surface area contributed by atoms with Crippen LogP contribution in [0.3, 0.4) is 0 Å². The third-order valence-electron chi connectivity index (χ3n) is 1.77. The van der Waals surface area contributed by atoms with Gasteiger partial charge in [0.1, 0.15) is 0 Å². The Labute approximate surface area is 96.0 Å². The summed E-state index contributed by atoms with van der Waals surface area (Å²) in [6.07, 6.45) is 0. The zero-order valence-electron chi connectivity index (χ0n) is 8.19. The maximum atomic E-state index is 10.9. The van der Waals surface area contributed by atoms with E-state index in [2.05, 4.69) is 39.6 Å². The maximum Gasteiger partial charge on any atom is 0.233 e. The molecule has 2 N–H and O–H groups in total. The Morgan fingerprint density at radius 3 is 2.86 bits per heavy atom. The lowest BCUT2D eigenvalue weighted by Gasteiger charge is -2.00. The summed E-state index contributed by atoms with van der Waals surface area (Å²) in [4.78, 5) is 13.4. The molecule has 0 aliphatic rings. The van der Waals surface area contributed by atoms with Crippen molar-refractivity contribution >= 4 is 33.2 Å². The number of rotatable bonds is 4. The number of amides is 1. The number of carbonyl (C=O) groups excluding carboxylic acids is 1. The van der Waals surface area contributed by atoms with Crippen molar-refractivity contribution in [1.82, 2.24) is 10.6 Å². The molecule has 1 amide bonds. The second-order valence-corrected chi connectivity index (χ2v) is 5.09. The molecule has 0 unspecified atom stereocenters. The summed E-state index contributed by atoms with van der Waals surface area (Å²) < 4.78 is 1.14. The first-order chi connectivity index (χ1) is 6.63. The summed E-state index contributed by atoms with van der Waals surface area (Å²) in [5.41, 5.74) is 0. The molecule has 0 saturated carbocycles. The number of hydrogen-bond acceptors (Lipinski definition) is 3. The SMILES string of the molecule is CNC(=O)CNCc1cc(Br)c(C)s1. The van der Waals surface area contributed by atoms with E-state index < -0.39 is 0 Å². The predicted octanol–water partition coefficient (Wildman–Crippen LogP) is 1.65. The molecule has 1 aromatic rings. The third-order valence-corrected chi connectivity index (χ3v) is 3.91. The summed E-state index contributed by atoms with van der Waals surface area (Å²) >= 11 is 5.19. The number of hydrogen-bond donors (Lipinski definition) is 2. The number of aryl methyl sites for hydroxylation is 1. The zero-order valence-corrected chi connectivity index (χ0v) is 10.6. The van der Waals surface area contributed by atoms with Gasteiger partial charge in [-0.3, -0.25) is 4.79 Å². The molecule has 1 heterocycles. The number of halogens is 1. The average molecular weight is 277 g/mol. The summed E-state index contributed by atoms with van der Waals surface area (Å²) in [6.45, 7) is 3.17. The molecule has 1 rings (SSSR count). The molecule has 0 radical (unpaired) electrons. The molecule has 0 spiro atoms. The summed E-state index contributed by atoms with van der Waals surface area (Å²) in [7, 11) is 1.63. The van der Waals surface area contributed by atoms with Crippen molar-refractivity contribution in [2.75, 3.05) is 13.6 Å². The van der Waals surface area contributed by atoms with E-state index in [0.29, 0.717) is 6.54 Å². The Morgan fingerprint density at radius 2 is 2.36 bits per heavy atom. The Morgan fingerprint density at radius 1 is 1.64 bits per heavy atom. The van der Waals surface area contributed by atoms with Crippen LogP contribution in [0.15, 0.2) is 10.5 Å². The van der Waals surface area contributed by atoms with Crippen molar-refractivity contribution in [3.05, 3.63) is 20.3 Å². The lowest BCUT2D eigenvalue weighted by atomic mass is 10.4. The standard InChI is InChI=1S/C9H13BrN2OS/c1-6-8(10)3-7(14-6)4-12-5-9(13)11-2/h3,12H,4-5H2,1-2H3,(H,11,13). The summed E-state index contributed by atoms with van der Waals surface area (Å²) in [6, 6.07) is 2.08. The molecule has 78 valence electrons. The van der Waals surface area contributed by atoms with Crippen molar-refractivity contribution in [3.8, 4) is 0 Å². The Bertz CT molecular complexity index is 305. The van der Waals surface area contributed by atoms with Gasteiger partial charge in [0.2, 0.25) is 5.91 Å². The first-order valence-corrected chi connectivity index (χ1v) is 5.90. The second-order valence-electron chi connectivity index (χ2n) is 2.89. The normalized spacial score (nSPS) is 10.2. The summed E-state index contributed by atoms with van der Waals surface area (Å²) in [5, 5.41) is 5.63. The molecule has 0 aliphatic heterocycles. The number of likely N-dealkylation sites (N-methyl/N-ethyl adjacent to an activating group) is 1. The zero-order chi connectivity index (χ0) is 10.6. The van der Waals surface area contributed by atoms with E-state index in [1.54, 1.807) is 18.4 Å². The smallest absolute Gasteiger partial charge is 0.233 e. The van der Waals surface area contributed by atoms with Crippen LogP contribution < -0.4 is 10.6 Å². The van der Waals surface area contributed by atoms with Gasteiger partial charge in [-0.2, -0.15) is 0 Å². The molecule has 0 atom stereocenters. The van der Waals surface area contributed by atoms with Crippen LogP contribution >= 0.6 is 27.3 Å². The van der Waals surface area contributed by atoms with Crippen LogP contribution in [0.4, 0.5) is 0 Å². The van der Waals surface area contributed by atoms with E-state index >= 15 is 0 Å². The van der Waals surface area contributed by atoms with Gasteiger partial charge in [-0.25, -0.2) is 0 Å². The quantitative estimate of drug-likeness (QED) is 0.878. The van der Waals surface area contributed by atoms with Crippen molar-refractivity contribution in [2.24, 2.45) is 0 Å². The average Bonchev–Trinajstić information content (AvgIpc) is 2.46. The third kappa shape index (κ3) is 3.40. The van der Waals surface area contributed by atoms with Crippen LogP contribution in [-0.4, -0.2) is 19.5 Å². The first kappa shape index (κ1) is 11.7. The number of thiophene rings is 1. The minimum absolute atomic E-state index is 0.0114. The van der Waals surface area contributed by atoms with E-state index in [1.165, 1.54) is 9.75 Å². The van der Waals surface area contributed by atoms with Gasteiger partial charge in [0, 0.05) is 27.8 Å². The molecule has 14 heavy (non-hydrogen) atoms. The fraction of sp³-hybridized carbons (Fsp3) is 0.444. The molecular weight excluding hydrogens is 264 g/mol. The molecule has 0 aliphatic carbocycles. The lowest BCUT2D eigenvalue weighted by molar-refractivity contribution is -0.119. The molecule has 3 nitrogen and oxygen atoms in total. The minimum atomic E-state index is 0.0114. The van der Waals surface area contributed by atoms with Crippen LogP contribution in [-0.2, 0) is 11.3 Å². The number of nitrogens with one attached hydrogen (secondary N) is 2. The number of carbonyl (C=O) groups is 1.